The van der Waals surface area contributed by atoms with Gasteiger partial charge in [0, 0.05) is 6.54 Å². The molecule has 1 aliphatic heterocycles. The molecule has 0 unspecified atom stereocenters. The van der Waals surface area contributed by atoms with E-state index >= 15 is 0 Å². The number of rotatable bonds is 9. The summed E-state index contributed by atoms with van der Waals surface area (Å²) in [6.45, 7) is 2.64. The Kier molecular flexibility index (Phi) is 6.62. The van der Waals surface area contributed by atoms with E-state index in [2.05, 4.69) is 5.32 Å². The normalized spacial score (nSPS) is 18.6. The lowest BCUT2D eigenvalue weighted by Gasteiger charge is -2.24. The van der Waals surface area contributed by atoms with Crippen LogP contribution in [0.4, 0.5) is 4.79 Å². The third-order valence-corrected chi connectivity index (χ3v) is 5.41. The second kappa shape index (κ2) is 9.17. The summed E-state index contributed by atoms with van der Waals surface area (Å²) in [6, 6.07) is 15.1. The molecule has 1 saturated heterocycles. The molecule has 2 aromatic rings. The number of imide groups is 1. The topological polar surface area (TPSA) is 71.1 Å². The van der Waals surface area contributed by atoms with E-state index in [1.54, 1.807) is 21.1 Å². The second-order valence-corrected chi connectivity index (χ2v) is 7.85. The maximum absolute atomic E-state index is 13.0. The summed E-state index contributed by atoms with van der Waals surface area (Å²) in [5.41, 5.74) is 1.26. The summed E-state index contributed by atoms with van der Waals surface area (Å²) in [6.07, 6.45) is 1.21. The number of hydrogen-bond acceptors (Lipinski definition) is 5. The summed E-state index contributed by atoms with van der Waals surface area (Å²) in [7, 11) is 5.14. The van der Waals surface area contributed by atoms with Gasteiger partial charge < -0.3 is 14.8 Å². The van der Waals surface area contributed by atoms with E-state index in [4.69, 9.17) is 9.47 Å². The van der Waals surface area contributed by atoms with Gasteiger partial charge >= 0.3 is 6.03 Å². The monoisotopic (exact) mass is 411 g/mol. The van der Waals surface area contributed by atoms with E-state index in [0.29, 0.717) is 19.4 Å². The van der Waals surface area contributed by atoms with E-state index in [0.717, 1.165) is 22.6 Å². The Morgan fingerprint density at radius 3 is 2.00 bits per heavy atom. The molecule has 0 saturated carbocycles. The lowest BCUT2D eigenvalue weighted by Crippen LogP contribution is -2.45. The van der Waals surface area contributed by atoms with Crippen molar-refractivity contribution in [2.75, 3.05) is 27.9 Å². The summed E-state index contributed by atoms with van der Waals surface area (Å²) < 4.78 is 10.3. The molecular formula is C23H29N3O4. The molecule has 3 amide bonds. The molecule has 1 atom stereocenters. The standard InChI is InChI=1S/C23H29N3O4/c1-23(14-13-17-5-9-19(29-3)10-6-17)21(27)26(22(28)24-23)16-25(2)15-18-7-11-20(30-4)12-8-18/h5-12H,13-16H2,1-4H3,(H,24,28)/t23-/m1/s1. The summed E-state index contributed by atoms with van der Waals surface area (Å²) >= 11 is 0. The van der Waals surface area contributed by atoms with Crippen molar-refractivity contribution < 1.29 is 19.1 Å². The van der Waals surface area contributed by atoms with Gasteiger partial charge in [-0.1, -0.05) is 24.3 Å². The minimum absolute atomic E-state index is 0.192. The molecule has 0 aliphatic carbocycles. The first-order valence-electron chi connectivity index (χ1n) is 9.93. The van der Waals surface area contributed by atoms with Gasteiger partial charge in [0.1, 0.15) is 17.0 Å². The molecule has 0 radical (unpaired) electrons. The molecule has 1 fully saturated rings. The minimum Gasteiger partial charge on any atom is -0.497 e. The number of urea groups is 1. The van der Waals surface area contributed by atoms with Crippen molar-refractivity contribution in [3.63, 3.8) is 0 Å². The summed E-state index contributed by atoms with van der Waals surface area (Å²) in [5.74, 6) is 1.40. The van der Waals surface area contributed by atoms with Gasteiger partial charge in [0.05, 0.1) is 20.9 Å². The van der Waals surface area contributed by atoms with Crippen LogP contribution in [0.15, 0.2) is 48.5 Å². The zero-order valence-electron chi connectivity index (χ0n) is 18.0. The number of nitrogens with zero attached hydrogens (tertiary/aromatic N) is 2. The number of amides is 3. The van der Waals surface area contributed by atoms with Crippen LogP contribution in [0.25, 0.3) is 0 Å². The maximum Gasteiger partial charge on any atom is 0.326 e. The molecule has 0 aromatic heterocycles. The van der Waals surface area contributed by atoms with Gasteiger partial charge in [-0.15, -0.1) is 0 Å². The molecule has 160 valence electrons. The van der Waals surface area contributed by atoms with Crippen molar-refractivity contribution in [2.24, 2.45) is 0 Å². The Hall–Kier alpha value is -3.06. The number of hydrogen-bond donors (Lipinski definition) is 1. The van der Waals surface area contributed by atoms with E-state index < -0.39 is 5.54 Å². The highest BCUT2D eigenvalue weighted by atomic mass is 16.5. The molecular weight excluding hydrogens is 382 g/mol. The van der Waals surface area contributed by atoms with Crippen molar-refractivity contribution in [3.05, 3.63) is 59.7 Å². The fourth-order valence-electron chi connectivity index (χ4n) is 3.57. The predicted octanol–water partition coefficient (Wildman–Crippen LogP) is 3.04. The third-order valence-electron chi connectivity index (χ3n) is 5.41. The Balaban J connectivity index is 1.58. The largest absolute Gasteiger partial charge is 0.497 e. The van der Waals surface area contributed by atoms with Gasteiger partial charge in [-0.3, -0.25) is 9.69 Å². The molecule has 1 aliphatic rings. The first-order valence-corrected chi connectivity index (χ1v) is 9.93. The fraction of sp³-hybridized carbons (Fsp3) is 0.391. The fourth-order valence-corrected chi connectivity index (χ4v) is 3.57. The molecule has 1 heterocycles. The Morgan fingerprint density at radius 1 is 0.933 bits per heavy atom. The summed E-state index contributed by atoms with van der Waals surface area (Å²) in [5, 5.41) is 2.88. The number of benzene rings is 2. The van der Waals surface area contributed by atoms with Gasteiger partial charge in [0.15, 0.2) is 0 Å². The zero-order chi connectivity index (χ0) is 21.7. The van der Waals surface area contributed by atoms with Crippen LogP contribution in [0, 0.1) is 0 Å². The lowest BCUT2D eigenvalue weighted by atomic mass is 9.93. The number of ether oxygens (including phenoxy) is 2. The van der Waals surface area contributed by atoms with E-state index in [1.807, 2.05) is 60.5 Å². The second-order valence-electron chi connectivity index (χ2n) is 7.85. The van der Waals surface area contributed by atoms with Gasteiger partial charge in [-0.2, -0.15) is 0 Å². The minimum atomic E-state index is -0.905. The number of carbonyl (C=O) groups is 2. The van der Waals surface area contributed by atoms with Crippen LogP contribution >= 0.6 is 0 Å². The maximum atomic E-state index is 13.0. The van der Waals surface area contributed by atoms with E-state index in [1.165, 1.54) is 4.90 Å². The predicted molar refractivity (Wildman–Crippen MR) is 114 cm³/mol. The van der Waals surface area contributed by atoms with Crippen LogP contribution in [0.3, 0.4) is 0 Å². The Labute approximate surface area is 177 Å². The highest BCUT2D eigenvalue weighted by molar-refractivity contribution is 6.06. The first kappa shape index (κ1) is 21.6. The van der Waals surface area contributed by atoms with Crippen molar-refractivity contribution in [1.82, 2.24) is 15.1 Å². The lowest BCUT2D eigenvalue weighted by molar-refractivity contribution is -0.132. The van der Waals surface area contributed by atoms with Crippen molar-refractivity contribution in [2.45, 2.75) is 31.8 Å². The van der Waals surface area contributed by atoms with Gasteiger partial charge in [0.2, 0.25) is 0 Å². The van der Waals surface area contributed by atoms with Crippen LogP contribution in [0.2, 0.25) is 0 Å². The van der Waals surface area contributed by atoms with Crippen molar-refractivity contribution >= 4 is 11.9 Å². The number of aryl methyl sites for hydroxylation is 1. The molecule has 0 spiro atoms. The molecule has 1 N–H and O–H groups in total. The molecule has 0 bridgehead atoms. The van der Waals surface area contributed by atoms with Gasteiger partial charge in [-0.05, 0) is 62.2 Å². The highest BCUT2D eigenvalue weighted by Crippen LogP contribution is 2.24. The molecule has 7 nitrogen and oxygen atoms in total. The molecule has 30 heavy (non-hydrogen) atoms. The smallest absolute Gasteiger partial charge is 0.326 e. The highest BCUT2D eigenvalue weighted by Gasteiger charge is 2.47. The van der Waals surface area contributed by atoms with Crippen LogP contribution in [0.5, 0.6) is 11.5 Å². The summed E-state index contributed by atoms with van der Waals surface area (Å²) in [4.78, 5) is 28.7. The van der Waals surface area contributed by atoms with Crippen LogP contribution in [0.1, 0.15) is 24.5 Å². The van der Waals surface area contributed by atoms with Gasteiger partial charge in [-0.25, -0.2) is 9.69 Å². The quantitative estimate of drug-likeness (QED) is 0.642. The molecule has 7 heteroatoms. The number of carbonyl (C=O) groups excluding carboxylic acids is 2. The zero-order valence-corrected chi connectivity index (χ0v) is 18.0. The first-order chi connectivity index (χ1) is 14.3. The Bertz CT molecular complexity index is 882. The Morgan fingerprint density at radius 2 is 1.47 bits per heavy atom. The average Bonchev–Trinajstić information content (AvgIpc) is 2.96. The average molecular weight is 412 g/mol. The van der Waals surface area contributed by atoms with E-state index in [9.17, 15) is 9.59 Å². The molecule has 3 rings (SSSR count). The third kappa shape index (κ3) is 4.91. The van der Waals surface area contributed by atoms with Crippen molar-refractivity contribution in [3.8, 4) is 11.5 Å². The van der Waals surface area contributed by atoms with Crippen LogP contribution in [-0.2, 0) is 17.8 Å². The van der Waals surface area contributed by atoms with Gasteiger partial charge in [0.25, 0.3) is 5.91 Å². The number of nitrogens with one attached hydrogen (secondary N) is 1. The van der Waals surface area contributed by atoms with E-state index in [-0.39, 0.29) is 18.6 Å². The molecule has 2 aromatic carbocycles. The van der Waals surface area contributed by atoms with Crippen molar-refractivity contribution in [1.29, 1.82) is 0 Å². The number of methoxy groups -OCH3 is 2. The SMILES string of the molecule is COc1ccc(CC[C@@]2(C)NC(=O)N(CN(C)Cc3ccc(OC)cc3)C2=O)cc1. The van der Waals surface area contributed by atoms with Crippen LogP contribution in [-0.4, -0.2) is 55.2 Å². The van der Waals surface area contributed by atoms with Crippen LogP contribution < -0.4 is 14.8 Å².